The molecule has 1 atom stereocenters. The maximum Gasteiger partial charge on any atom is 0.411 e. The Labute approximate surface area is 119 Å². The Hall–Kier alpha value is -0.600. The SMILES string of the molecule is Nc1cc(Br)ccc1S(=O)CCCOCC(F)(F)F. The monoisotopic (exact) mass is 359 g/mol. The Balaban J connectivity index is 2.36. The number of anilines is 1. The molecule has 0 bridgehead atoms. The molecule has 0 heterocycles. The molecule has 0 aliphatic heterocycles. The fourth-order valence-corrected chi connectivity index (χ4v) is 2.84. The summed E-state index contributed by atoms with van der Waals surface area (Å²) in [4.78, 5) is 0.485. The van der Waals surface area contributed by atoms with Gasteiger partial charge >= 0.3 is 6.18 Å². The first-order valence-electron chi connectivity index (χ1n) is 5.37. The zero-order valence-electron chi connectivity index (χ0n) is 9.87. The van der Waals surface area contributed by atoms with E-state index in [0.717, 1.165) is 4.47 Å². The highest BCUT2D eigenvalue weighted by Gasteiger charge is 2.27. The van der Waals surface area contributed by atoms with Crippen molar-refractivity contribution >= 4 is 32.4 Å². The van der Waals surface area contributed by atoms with Gasteiger partial charge in [-0.3, -0.25) is 4.21 Å². The zero-order valence-corrected chi connectivity index (χ0v) is 12.3. The number of nitrogen functional groups attached to an aromatic ring is 1. The summed E-state index contributed by atoms with van der Waals surface area (Å²) >= 11 is 3.23. The van der Waals surface area contributed by atoms with Crippen LogP contribution in [0.15, 0.2) is 27.6 Å². The van der Waals surface area contributed by atoms with Gasteiger partial charge in [0.15, 0.2) is 0 Å². The molecule has 108 valence electrons. The molecule has 0 spiro atoms. The van der Waals surface area contributed by atoms with Gasteiger partial charge in [0, 0.05) is 22.5 Å². The van der Waals surface area contributed by atoms with E-state index in [0.29, 0.717) is 10.6 Å². The van der Waals surface area contributed by atoms with Crippen molar-refractivity contribution in [3.05, 3.63) is 22.7 Å². The molecule has 0 saturated carbocycles. The largest absolute Gasteiger partial charge is 0.411 e. The number of ether oxygens (including phenoxy) is 1. The number of alkyl halides is 3. The lowest BCUT2D eigenvalue weighted by atomic mass is 10.3. The number of rotatable bonds is 6. The van der Waals surface area contributed by atoms with Gasteiger partial charge in [-0.1, -0.05) is 15.9 Å². The summed E-state index contributed by atoms with van der Waals surface area (Å²) in [7, 11) is -1.33. The minimum atomic E-state index is -4.32. The summed E-state index contributed by atoms with van der Waals surface area (Å²) in [6.45, 7) is -1.36. The Bertz CT molecular complexity index is 454. The van der Waals surface area contributed by atoms with Gasteiger partial charge in [-0.2, -0.15) is 13.2 Å². The van der Waals surface area contributed by atoms with Crippen molar-refractivity contribution in [1.29, 1.82) is 0 Å². The summed E-state index contributed by atoms with van der Waals surface area (Å²) in [5, 5.41) is 0. The van der Waals surface area contributed by atoms with Gasteiger partial charge in [-0.15, -0.1) is 0 Å². The van der Waals surface area contributed by atoms with Crippen LogP contribution in [0, 0.1) is 0 Å². The molecular weight excluding hydrogens is 347 g/mol. The molecule has 3 nitrogen and oxygen atoms in total. The Morgan fingerprint density at radius 1 is 1.37 bits per heavy atom. The van der Waals surface area contributed by atoms with Crippen LogP contribution in [-0.4, -0.2) is 29.4 Å². The Morgan fingerprint density at radius 2 is 2.05 bits per heavy atom. The van der Waals surface area contributed by atoms with Crippen molar-refractivity contribution in [3.63, 3.8) is 0 Å². The van der Waals surface area contributed by atoms with Crippen LogP contribution in [0.5, 0.6) is 0 Å². The second-order valence-electron chi connectivity index (χ2n) is 3.75. The van der Waals surface area contributed by atoms with Crippen LogP contribution in [0.25, 0.3) is 0 Å². The van der Waals surface area contributed by atoms with Crippen LogP contribution >= 0.6 is 15.9 Å². The number of hydrogen-bond acceptors (Lipinski definition) is 3. The minimum Gasteiger partial charge on any atom is -0.398 e. The molecule has 0 aliphatic rings. The molecule has 0 radical (unpaired) electrons. The summed E-state index contributed by atoms with van der Waals surface area (Å²) in [5.74, 6) is 0.212. The van der Waals surface area contributed by atoms with E-state index in [4.69, 9.17) is 5.73 Å². The van der Waals surface area contributed by atoms with Gasteiger partial charge in [0.25, 0.3) is 0 Å². The van der Waals surface area contributed by atoms with E-state index in [9.17, 15) is 17.4 Å². The predicted octanol–water partition coefficient (Wildman–Crippen LogP) is 3.11. The van der Waals surface area contributed by atoms with E-state index in [1.54, 1.807) is 18.2 Å². The normalized spacial score (nSPS) is 13.5. The molecule has 19 heavy (non-hydrogen) atoms. The highest BCUT2D eigenvalue weighted by molar-refractivity contribution is 9.10. The molecule has 0 aliphatic carbocycles. The molecule has 0 amide bonds. The quantitative estimate of drug-likeness (QED) is 0.627. The topological polar surface area (TPSA) is 52.3 Å². The molecule has 1 aromatic carbocycles. The van der Waals surface area contributed by atoms with Crippen molar-refractivity contribution in [2.45, 2.75) is 17.5 Å². The van der Waals surface area contributed by atoms with E-state index >= 15 is 0 Å². The molecule has 1 rings (SSSR count). The van der Waals surface area contributed by atoms with Crippen molar-refractivity contribution < 1.29 is 22.1 Å². The minimum absolute atomic E-state index is 0.0817. The van der Waals surface area contributed by atoms with E-state index in [2.05, 4.69) is 20.7 Å². The third-order valence-electron chi connectivity index (χ3n) is 2.10. The van der Waals surface area contributed by atoms with Gasteiger partial charge in [0.1, 0.15) is 6.61 Å². The van der Waals surface area contributed by atoms with Crippen LogP contribution in [0.2, 0.25) is 0 Å². The molecule has 0 aromatic heterocycles. The highest BCUT2D eigenvalue weighted by atomic mass is 79.9. The Morgan fingerprint density at radius 3 is 2.63 bits per heavy atom. The average molecular weight is 360 g/mol. The van der Waals surface area contributed by atoms with Gasteiger partial charge in [0.2, 0.25) is 0 Å². The first-order chi connectivity index (χ1) is 8.79. The third kappa shape index (κ3) is 6.40. The summed E-state index contributed by atoms with van der Waals surface area (Å²) in [6.07, 6.45) is -4.05. The van der Waals surface area contributed by atoms with E-state index < -0.39 is 23.6 Å². The van der Waals surface area contributed by atoms with E-state index in [-0.39, 0.29) is 18.8 Å². The molecule has 1 unspecified atom stereocenters. The van der Waals surface area contributed by atoms with Crippen LogP contribution in [0.1, 0.15) is 6.42 Å². The number of nitrogens with two attached hydrogens (primary N) is 1. The fraction of sp³-hybridized carbons (Fsp3) is 0.455. The van der Waals surface area contributed by atoms with Crippen molar-refractivity contribution in [3.8, 4) is 0 Å². The van der Waals surface area contributed by atoms with E-state index in [1.165, 1.54) is 0 Å². The first-order valence-corrected chi connectivity index (χ1v) is 7.48. The maximum absolute atomic E-state index is 11.9. The molecule has 2 N–H and O–H groups in total. The molecule has 0 saturated heterocycles. The summed E-state index contributed by atoms with van der Waals surface area (Å²) in [5.41, 5.74) is 6.10. The average Bonchev–Trinajstić information content (AvgIpc) is 2.26. The predicted molar refractivity (Wildman–Crippen MR) is 71.3 cm³/mol. The van der Waals surface area contributed by atoms with E-state index in [1.807, 2.05) is 0 Å². The van der Waals surface area contributed by atoms with Crippen molar-refractivity contribution in [1.82, 2.24) is 0 Å². The standard InChI is InChI=1S/C11H13BrF3NO2S/c12-8-2-3-10(9(16)6-8)19(17)5-1-4-18-7-11(13,14)15/h2-3,6H,1,4-5,7,16H2. The van der Waals surface area contributed by atoms with Gasteiger partial charge in [-0.05, 0) is 24.6 Å². The lowest BCUT2D eigenvalue weighted by Crippen LogP contribution is -2.18. The maximum atomic E-state index is 11.9. The van der Waals surface area contributed by atoms with Crippen LogP contribution < -0.4 is 5.73 Å². The first kappa shape index (κ1) is 16.5. The second kappa shape index (κ2) is 7.25. The Kier molecular flexibility index (Phi) is 6.28. The molecule has 1 aromatic rings. The number of benzene rings is 1. The summed E-state index contributed by atoms with van der Waals surface area (Å²) < 4.78 is 52.5. The fourth-order valence-electron chi connectivity index (χ4n) is 1.32. The molecular formula is C11H13BrF3NO2S. The van der Waals surface area contributed by atoms with Gasteiger partial charge in [-0.25, -0.2) is 0 Å². The molecule has 8 heteroatoms. The smallest absolute Gasteiger partial charge is 0.398 e. The summed E-state index contributed by atoms with van der Waals surface area (Å²) in [6, 6.07) is 4.98. The van der Waals surface area contributed by atoms with Crippen molar-refractivity contribution in [2.75, 3.05) is 24.7 Å². The van der Waals surface area contributed by atoms with Crippen molar-refractivity contribution in [2.24, 2.45) is 0 Å². The van der Waals surface area contributed by atoms with Crippen LogP contribution in [0.4, 0.5) is 18.9 Å². The second-order valence-corrected chi connectivity index (χ2v) is 6.21. The zero-order chi connectivity index (χ0) is 14.5. The number of hydrogen-bond donors (Lipinski definition) is 1. The molecule has 0 fully saturated rings. The van der Waals surface area contributed by atoms with Gasteiger partial charge in [0.05, 0.1) is 15.7 Å². The third-order valence-corrected chi connectivity index (χ3v) is 4.12. The lowest BCUT2D eigenvalue weighted by Gasteiger charge is -2.08. The number of halogens is 4. The van der Waals surface area contributed by atoms with Gasteiger partial charge < -0.3 is 10.5 Å². The van der Waals surface area contributed by atoms with Crippen LogP contribution in [-0.2, 0) is 15.5 Å². The highest BCUT2D eigenvalue weighted by Crippen LogP contribution is 2.22. The van der Waals surface area contributed by atoms with Crippen LogP contribution in [0.3, 0.4) is 0 Å². The lowest BCUT2D eigenvalue weighted by molar-refractivity contribution is -0.173.